The number of H-pyrrole nitrogens is 2. The molecule has 0 unspecified atom stereocenters. The summed E-state index contributed by atoms with van der Waals surface area (Å²) >= 11 is 5.61. The average Bonchev–Trinajstić information content (AvgIpc) is 2.32. The molecule has 2 rings (SSSR count). The quantitative estimate of drug-likeness (QED) is 0.772. The summed E-state index contributed by atoms with van der Waals surface area (Å²) in [4.78, 5) is 24.1. The highest BCUT2D eigenvalue weighted by Crippen LogP contribution is 2.16. The molecule has 1 heterocycles. The average molecular weight is 271 g/mol. The molecule has 94 valence electrons. The minimum atomic E-state index is -0.685. The van der Waals surface area contributed by atoms with E-state index in [9.17, 15) is 14.0 Å². The van der Waals surface area contributed by atoms with E-state index in [-0.39, 0.29) is 17.4 Å². The molecule has 0 aliphatic carbocycles. The highest BCUT2D eigenvalue weighted by molar-refractivity contribution is 6.30. The van der Waals surface area contributed by atoms with Gasteiger partial charge in [0.15, 0.2) is 0 Å². The number of aromatic amines is 2. The van der Waals surface area contributed by atoms with E-state index >= 15 is 0 Å². The topological polar surface area (TPSA) is 90.6 Å². The number of halogens is 2. The number of nitrogens with one attached hydrogen (secondary N) is 3. The fourth-order valence-electron chi connectivity index (χ4n) is 1.30. The van der Waals surface area contributed by atoms with E-state index in [1.807, 2.05) is 4.98 Å². The fraction of sp³-hybridized carbons (Fsp3) is 0.100. The Hall–Kier alpha value is -2.15. The van der Waals surface area contributed by atoms with Crippen LogP contribution in [0.3, 0.4) is 0 Å². The second-order valence-electron chi connectivity index (χ2n) is 3.46. The molecule has 0 amide bonds. The highest BCUT2D eigenvalue weighted by atomic mass is 35.5. The van der Waals surface area contributed by atoms with Crippen molar-refractivity contribution in [3.8, 4) is 0 Å². The van der Waals surface area contributed by atoms with E-state index in [2.05, 4.69) is 15.5 Å². The minimum absolute atomic E-state index is 0.00219. The third kappa shape index (κ3) is 2.75. The van der Waals surface area contributed by atoms with Gasteiger partial charge in [0.25, 0.3) is 5.56 Å². The number of aromatic nitrogens is 3. The summed E-state index contributed by atoms with van der Waals surface area (Å²) < 4.78 is 12.9. The van der Waals surface area contributed by atoms with Gasteiger partial charge in [0.05, 0.1) is 5.02 Å². The van der Waals surface area contributed by atoms with E-state index < -0.39 is 17.1 Å². The van der Waals surface area contributed by atoms with Gasteiger partial charge in [0, 0.05) is 6.54 Å². The van der Waals surface area contributed by atoms with Gasteiger partial charge >= 0.3 is 5.69 Å². The second-order valence-corrected chi connectivity index (χ2v) is 3.86. The molecule has 1 aromatic heterocycles. The van der Waals surface area contributed by atoms with Crippen LogP contribution in [0.1, 0.15) is 5.56 Å². The predicted molar refractivity (Wildman–Crippen MR) is 64.2 cm³/mol. The van der Waals surface area contributed by atoms with Gasteiger partial charge in [-0.2, -0.15) is 0 Å². The summed E-state index contributed by atoms with van der Waals surface area (Å²) in [5, 5.41) is 8.32. The van der Waals surface area contributed by atoms with Crippen LogP contribution in [-0.4, -0.2) is 15.2 Å². The molecule has 0 aliphatic rings. The maximum atomic E-state index is 12.9. The van der Waals surface area contributed by atoms with Crippen molar-refractivity contribution in [2.24, 2.45) is 0 Å². The van der Waals surface area contributed by atoms with Gasteiger partial charge in [-0.3, -0.25) is 9.78 Å². The van der Waals surface area contributed by atoms with Crippen molar-refractivity contribution in [2.75, 3.05) is 5.32 Å². The van der Waals surface area contributed by atoms with Crippen molar-refractivity contribution in [2.45, 2.75) is 6.54 Å². The summed E-state index contributed by atoms with van der Waals surface area (Å²) in [6.45, 7) is 0.224. The van der Waals surface area contributed by atoms with Crippen LogP contribution in [0.4, 0.5) is 10.2 Å². The molecule has 2 aromatic rings. The molecule has 18 heavy (non-hydrogen) atoms. The van der Waals surface area contributed by atoms with Gasteiger partial charge in [0.1, 0.15) is 5.82 Å². The maximum absolute atomic E-state index is 12.9. The van der Waals surface area contributed by atoms with E-state index in [1.54, 1.807) is 0 Å². The SMILES string of the molecule is O=c1[nH]nc(NCc2ccc(F)c(Cl)c2)c(=O)[nH]1. The Morgan fingerprint density at radius 2 is 2.17 bits per heavy atom. The molecule has 0 fully saturated rings. The first-order valence-electron chi connectivity index (χ1n) is 4.93. The molecule has 6 nitrogen and oxygen atoms in total. The Labute approximate surface area is 105 Å². The molecule has 8 heteroatoms. The van der Waals surface area contributed by atoms with E-state index in [0.29, 0.717) is 5.56 Å². The largest absolute Gasteiger partial charge is 0.360 e. The Bertz CT molecular complexity index is 682. The maximum Gasteiger partial charge on any atom is 0.342 e. The first kappa shape index (κ1) is 12.3. The standard InChI is InChI=1S/C10H8ClFN4O2/c11-6-3-5(1-2-7(6)12)4-13-8-9(17)14-10(18)16-15-8/h1-3H,4H2,(H,13,15)(H2,14,16,17,18). The molecule has 0 saturated heterocycles. The van der Waals surface area contributed by atoms with Gasteiger partial charge in [-0.05, 0) is 17.7 Å². The lowest BCUT2D eigenvalue weighted by Gasteiger charge is -2.04. The normalized spacial score (nSPS) is 10.3. The molecule has 0 saturated carbocycles. The molecule has 0 spiro atoms. The predicted octanol–water partition coefficient (Wildman–Crippen LogP) is 0.863. The fourth-order valence-corrected chi connectivity index (χ4v) is 1.51. The van der Waals surface area contributed by atoms with Crippen molar-refractivity contribution in [1.29, 1.82) is 0 Å². The van der Waals surface area contributed by atoms with Crippen LogP contribution < -0.4 is 16.6 Å². The van der Waals surface area contributed by atoms with E-state index in [4.69, 9.17) is 11.6 Å². The van der Waals surface area contributed by atoms with Crippen molar-refractivity contribution < 1.29 is 4.39 Å². The van der Waals surface area contributed by atoms with E-state index in [0.717, 1.165) is 0 Å². The van der Waals surface area contributed by atoms with E-state index in [1.165, 1.54) is 18.2 Å². The highest BCUT2D eigenvalue weighted by Gasteiger charge is 2.04. The lowest BCUT2D eigenvalue weighted by Crippen LogP contribution is -2.26. The molecular formula is C10H8ClFN4O2. The van der Waals surface area contributed by atoms with Gasteiger partial charge in [-0.1, -0.05) is 17.7 Å². The summed E-state index contributed by atoms with van der Waals surface area (Å²) in [7, 11) is 0. The third-order valence-electron chi connectivity index (χ3n) is 2.16. The molecule has 0 atom stereocenters. The van der Waals surface area contributed by atoms with Crippen molar-refractivity contribution in [3.05, 3.63) is 55.4 Å². The van der Waals surface area contributed by atoms with Gasteiger partial charge in [-0.15, -0.1) is 5.10 Å². The Balaban J connectivity index is 2.14. The first-order valence-corrected chi connectivity index (χ1v) is 5.31. The Morgan fingerprint density at radius 3 is 2.83 bits per heavy atom. The number of rotatable bonds is 3. The van der Waals surface area contributed by atoms with Crippen LogP contribution in [0.25, 0.3) is 0 Å². The minimum Gasteiger partial charge on any atom is -0.360 e. The third-order valence-corrected chi connectivity index (χ3v) is 2.45. The summed E-state index contributed by atoms with van der Waals surface area (Å²) in [6, 6.07) is 4.18. The summed E-state index contributed by atoms with van der Waals surface area (Å²) in [6.07, 6.45) is 0. The lowest BCUT2D eigenvalue weighted by atomic mass is 10.2. The first-order chi connectivity index (χ1) is 8.56. The van der Waals surface area contributed by atoms with Crippen molar-refractivity contribution >= 4 is 17.4 Å². The zero-order valence-corrected chi connectivity index (χ0v) is 9.71. The molecule has 1 aromatic carbocycles. The zero-order valence-electron chi connectivity index (χ0n) is 8.96. The van der Waals surface area contributed by atoms with Gasteiger partial charge < -0.3 is 5.32 Å². The monoisotopic (exact) mass is 270 g/mol. The molecular weight excluding hydrogens is 263 g/mol. The van der Waals surface area contributed by atoms with Gasteiger partial charge in [0.2, 0.25) is 5.82 Å². The van der Waals surface area contributed by atoms with Crippen molar-refractivity contribution in [1.82, 2.24) is 15.2 Å². The van der Waals surface area contributed by atoms with Crippen LogP contribution in [-0.2, 0) is 6.54 Å². The summed E-state index contributed by atoms with van der Waals surface area (Å²) in [5.41, 5.74) is -0.642. The van der Waals surface area contributed by atoms with Crippen LogP contribution in [0, 0.1) is 5.82 Å². The van der Waals surface area contributed by atoms with Crippen LogP contribution in [0.15, 0.2) is 27.8 Å². The smallest absolute Gasteiger partial charge is 0.342 e. The molecule has 0 radical (unpaired) electrons. The number of benzene rings is 1. The van der Waals surface area contributed by atoms with Gasteiger partial charge in [-0.25, -0.2) is 14.3 Å². The summed E-state index contributed by atoms with van der Waals surface area (Å²) in [5.74, 6) is -0.546. The molecule has 3 N–H and O–H groups in total. The molecule has 0 aliphatic heterocycles. The second kappa shape index (κ2) is 5.01. The van der Waals surface area contributed by atoms with Crippen LogP contribution in [0.2, 0.25) is 5.02 Å². The number of hydrogen-bond acceptors (Lipinski definition) is 4. The molecule has 0 bridgehead atoms. The number of anilines is 1. The van der Waals surface area contributed by atoms with Crippen molar-refractivity contribution in [3.63, 3.8) is 0 Å². The Kier molecular flexibility index (Phi) is 3.42. The van der Waals surface area contributed by atoms with Crippen LogP contribution in [0.5, 0.6) is 0 Å². The Morgan fingerprint density at radius 1 is 1.39 bits per heavy atom. The zero-order chi connectivity index (χ0) is 13.1. The van der Waals surface area contributed by atoms with Crippen LogP contribution >= 0.6 is 11.6 Å². The number of nitrogens with zero attached hydrogens (tertiary/aromatic N) is 1. The number of hydrogen-bond donors (Lipinski definition) is 3. The lowest BCUT2D eigenvalue weighted by molar-refractivity contribution is 0.627.